The van der Waals surface area contributed by atoms with E-state index in [0.29, 0.717) is 6.42 Å². The number of benzene rings is 1. The molecule has 0 spiro atoms. The molecule has 0 bridgehead atoms. The quantitative estimate of drug-likeness (QED) is 0.754. The van der Waals surface area contributed by atoms with Gasteiger partial charge >= 0.3 is 0 Å². The Morgan fingerprint density at radius 1 is 1.00 bits per heavy atom. The molecule has 84 valence electrons. The van der Waals surface area contributed by atoms with E-state index in [4.69, 9.17) is 0 Å². The molecule has 0 aliphatic rings. The predicted molar refractivity (Wildman–Crippen MR) is 63.9 cm³/mol. The normalized spacial score (nSPS) is 10.8. The van der Waals surface area contributed by atoms with Crippen molar-refractivity contribution in [3.05, 3.63) is 35.4 Å². The Morgan fingerprint density at radius 3 is 2.00 bits per heavy atom. The van der Waals surface area contributed by atoms with E-state index in [-0.39, 0.29) is 5.75 Å². The average Bonchev–Trinajstić information content (AvgIpc) is 2.25. The van der Waals surface area contributed by atoms with Crippen molar-refractivity contribution in [2.24, 2.45) is 0 Å². The summed E-state index contributed by atoms with van der Waals surface area (Å²) in [4.78, 5) is 0. The topological polar surface area (TPSA) is 34.1 Å². The molecule has 15 heavy (non-hydrogen) atoms. The second-order valence-corrected chi connectivity index (χ2v) is 4.84. The number of aryl methyl sites for hydroxylation is 2. The smallest absolute Gasteiger partial charge is 0.140 e. The minimum absolute atomic E-state index is 0.254. The van der Waals surface area contributed by atoms with Gasteiger partial charge in [-0.15, -0.1) is 0 Å². The highest BCUT2D eigenvalue weighted by Crippen LogP contribution is 2.08. The van der Waals surface area contributed by atoms with Crippen LogP contribution in [0.1, 0.15) is 30.9 Å². The fourth-order valence-electron chi connectivity index (χ4n) is 1.47. The standard InChI is InChI=1S/C12H18O2S/c1-2-3-4-11-5-7-12(8-6-11)9-10-15(13)14/h5-8,15H,2-4,9-10H2,1H3. The Balaban J connectivity index is 2.48. The molecule has 1 aromatic carbocycles. The summed E-state index contributed by atoms with van der Waals surface area (Å²) in [6.07, 6.45) is 4.17. The third-order valence-corrected chi connectivity index (χ3v) is 3.01. The van der Waals surface area contributed by atoms with Crippen LogP contribution in [-0.2, 0) is 23.5 Å². The summed E-state index contributed by atoms with van der Waals surface area (Å²) >= 11 is 0. The van der Waals surface area contributed by atoms with E-state index >= 15 is 0 Å². The largest absolute Gasteiger partial charge is 0.232 e. The zero-order chi connectivity index (χ0) is 11.1. The highest BCUT2D eigenvalue weighted by Gasteiger charge is 1.96. The van der Waals surface area contributed by atoms with Crippen molar-refractivity contribution in [3.8, 4) is 0 Å². The molecule has 0 heterocycles. The van der Waals surface area contributed by atoms with Gasteiger partial charge in [-0.25, -0.2) is 8.42 Å². The fourth-order valence-corrected chi connectivity index (χ4v) is 1.91. The molecule has 1 aromatic rings. The lowest BCUT2D eigenvalue weighted by atomic mass is 10.1. The summed E-state index contributed by atoms with van der Waals surface area (Å²) in [5, 5.41) is 0. The van der Waals surface area contributed by atoms with Crippen molar-refractivity contribution in [1.82, 2.24) is 0 Å². The van der Waals surface area contributed by atoms with Gasteiger partial charge in [-0.3, -0.25) is 0 Å². The molecular weight excluding hydrogens is 208 g/mol. The molecule has 0 atom stereocenters. The molecule has 2 nitrogen and oxygen atoms in total. The summed E-state index contributed by atoms with van der Waals surface area (Å²) in [5.41, 5.74) is 2.45. The van der Waals surface area contributed by atoms with E-state index < -0.39 is 10.7 Å². The van der Waals surface area contributed by atoms with Gasteiger partial charge in [0.05, 0.1) is 5.75 Å². The first-order valence-electron chi connectivity index (χ1n) is 5.42. The van der Waals surface area contributed by atoms with Crippen LogP contribution < -0.4 is 0 Å². The number of unbranched alkanes of at least 4 members (excludes halogenated alkanes) is 1. The molecule has 0 amide bonds. The van der Waals surface area contributed by atoms with E-state index in [9.17, 15) is 8.42 Å². The molecular formula is C12H18O2S. The third kappa shape index (κ3) is 4.98. The van der Waals surface area contributed by atoms with E-state index in [1.54, 1.807) is 0 Å². The highest BCUT2D eigenvalue weighted by atomic mass is 32.2. The van der Waals surface area contributed by atoms with Gasteiger partial charge in [0, 0.05) is 0 Å². The van der Waals surface area contributed by atoms with Gasteiger partial charge in [0.1, 0.15) is 10.7 Å². The fraction of sp³-hybridized carbons (Fsp3) is 0.500. The van der Waals surface area contributed by atoms with Crippen molar-refractivity contribution >= 4 is 10.7 Å². The lowest BCUT2D eigenvalue weighted by molar-refractivity contribution is 0.614. The van der Waals surface area contributed by atoms with Crippen LogP contribution in [0.5, 0.6) is 0 Å². The Labute approximate surface area is 93.3 Å². The van der Waals surface area contributed by atoms with Crippen molar-refractivity contribution < 1.29 is 8.42 Å². The SMILES string of the molecule is CCCCc1ccc(CC[SH](=O)=O)cc1. The van der Waals surface area contributed by atoms with Crippen LogP contribution in [0.3, 0.4) is 0 Å². The average molecular weight is 226 g/mol. The molecule has 3 heteroatoms. The summed E-state index contributed by atoms with van der Waals surface area (Å²) in [7, 11) is -2.24. The molecule has 0 N–H and O–H groups in total. The Bertz CT molecular complexity index is 344. The van der Waals surface area contributed by atoms with Gasteiger partial charge in [0.25, 0.3) is 0 Å². The van der Waals surface area contributed by atoms with Crippen molar-refractivity contribution in [2.75, 3.05) is 5.75 Å². The first-order valence-corrected chi connectivity index (χ1v) is 6.78. The van der Waals surface area contributed by atoms with Gasteiger partial charge < -0.3 is 0 Å². The van der Waals surface area contributed by atoms with Gasteiger partial charge in [-0.05, 0) is 30.4 Å². The lowest BCUT2D eigenvalue weighted by Gasteiger charge is -2.01. The first kappa shape index (κ1) is 12.2. The van der Waals surface area contributed by atoms with Crippen molar-refractivity contribution in [2.45, 2.75) is 32.6 Å². The molecule has 0 aromatic heterocycles. The maximum Gasteiger partial charge on any atom is 0.140 e. The molecule has 1 rings (SSSR count). The molecule has 0 fully saturated rings. The lowest BCUT2D eigenvalue weighted by Crippen LogP contribution is -1.94. The zero-order valence-electron chi connectivity index (χ0n) is 9.11. The maximum absolute atomic E-state index is 10.4. The Hall–Kier alpha value is -0.830. The monoisotopic (exact) mass is 226 g/mol. The van der Waals surface area contributed by atoms with Crippen molar-refractivity contribution in [1.29, 1.82) is 0 Å². The van der Waals surface area contributed by atoms with E-state index in [1.165, 1.54) is 18.4 Å². The van der Waals surface area contributed by atoms with Crippen LogP contribution >= 0.6 is 0 Å². The summed E-state index contributed by atoms with van der Waals surface area (Å²) < 4.78 is 20.8. The van der Waals surface area contributed by atoms with E-state index in [1.807, 2.05) is 12.1 Å². The van der Waals surface area contributed by atoms with Gasteiger partial charge in [0.15, 0.2) is 0 Å². The molecule has 0 radical (unpaired) electrons. The molecule has 0 saturated carbocycles. The van der Waals surface area contributed by atoms with Crippen molar-refractivity contribution in [3.63, 3.8) is 0 Å². The maximum atomic E-state index is 10.4. The number of rotatable bonds is 6. The molecule has 0 aliphatic carbocycles. The Kier molecular flexibility index (Phi) is 5.40. The van der Waals surface area contributed by atoms with E-state index in [0.717, 1.165) is 12.0 Å². The number of hydrogen-bond acceptors (Lipinski definition) is 2. The van der Waals surface area contributed by atoms with Gasteiger partial charge in [-0.1, -0.05) is 37.6 Å². The van der Waals surface area contributed by atoms with Crippen LogP contribution in [-0.4, -0.2) is 14.2 Å². The summed E-state index contributed by atoms with van der Waals surface area (Å²) in [5.74, 6) is 0.254. The van der Waals surface area contributed by atoms with Crippen LogP contribution in [0.4, 0.5) is 0 Å². The number of thiol groups is 1. The Morgan fingerprint density at radius 2 is 1.53 bits per heavy atom. The summed E-state index contributed by atoms with van der Waals surface area (Å²) in [6.45, 7) is 2.18. The van der Waals surface area contributed by atoms with Crippen LogP contribution in [0.15, 0.2) is 24.3 Å². The second-order valence-electron chi connectivity index (χ2n) is 3.73. The second kappa shape index (κ2) is 6.62. The minimum Gasteiger partial charge on any atom is -0.232 e. The van der Waals surface area contributed by atoms with Gasteiger partial charge in [0.2, 0.25) is 0 Å². The zero-order valence-corrected chi connectivity index (χ0v) is 10.0. The third-order valence-electron chi connectivity index (χ3n) is 2.43. The van der Waals surface area contributed by atoms with Gasteiger partial charge in [-0.2, -0.15) is 0 Å². The molecule has 0 aliphatic heterocycles. The van der Waals surface area contributed by atoms with Crippen LogP contribution in [0, 0.1) is 0 Å². The highest BCUT2D eigenvalue weighted by molar-refractivity contribution is 7.72. The summed E-state index contributed by atoms with van der Waals surface area (Å²) in [6, 6.07) is 8.26. The van der Waals surface area contributed by atoms with Crippen LogP contribution in [0.25, 0.3) is 0 Å². The van der Waals surface area contributed by atoms with E-state index in [2.05, 4.69) is 19.1 Å². The molecule has 0 saturated heterocycles. The minimum atomic E-state index is -2.24. The predicted octanol–water partition coefficient (Wildman–Crippen LogP) is 2.18. The van der Waals surface area contributed by atoms with Crippen LogP contribution in [0.2, 0.25) is 0 Å². The molecule has 0 unspecified atom stereocenters. The number of hydrogen-bond donors (Lipinski definition) is 1. The first-order chi connectivity index (χ1) is 7.22.